The zero-order valence-electron chi connectivity index (χ0n) is 11.6. The van der Waals surface area contributed by atoms with Crippen molar-refractivity contribution < 1.29 is 4.74 Å². The van der Waals surface area contributed by atoms with E-state index < -0.39 is 0 Å². The van der Waals surface area contributed by atoms with Crippen LogP contribution in [0.4, 0.5) is 5.82 Å². The van der Waals surface area contributed by atoms with Gasteiger partial charge in [0.05, 0.1) is 12.2 Å². The Morgan fingerprint density at radius 1 is 1.65 bits per heavy atom. The molecule has 0 spiro atoms. The zero-order valence-corrected chi connectivity index (χ0v) is 12.4. The molecule has 5 nitrogen and oxygen atoms in total. The summed E-state index contributed by atoms with van der Waals surface area (Å²) in [5.41, 5.74) is 0.457. The van der Waals surface area contributed by atoms with Gasteiger partial charge in [0.2, 0.25) is 0 Å². The molecule has 1 fully saturated rings. The number of rotatable bonds is 6. The summed E-state index contributed by atoms with van der Waals surface area (Å²) in [6.45, 7) is 3.19. The van der Waals surface area contributed by atoms with Gasteiger partial charge in [0.15, 0.2) is 0 Å². The van der Waals surface area contributed by atoms with Crippen LogP contribution in [0.2, 0.25) is 5.02 Å². The summed E-state index contributed by atoms with van der Waals surface area (Å²) in [7, 11) is 1.67. The predicted octanol–water partition coefficient (Wildman–Crippen LogP) is 1.81. The van der Waals surface area contributed by atoms with Crippen LogP contribution in [0.1, 0.15) is 18.4 Å². The molecule has 1 aromatic rings. The molecule has 1 unspecified atom stereocenters. The topological polar surface area (TPSA) is 61.2 Å². The molecule has 0 bridgehead atoms. The van der Waals surface area contributed by atoms with E-state index in [0.717, 1.165) is 19.5 Å². The molecule has 1 aliphatic heterocycles. The summed E-state index contributed by atoms with van der Waals surface area (Å²) in [6.07, 6.45) is 3.98. The van der Waals surface area contributed by atoms with E-state index in [1.54, 1.807) is 19.4 Å². The van der Waals surface area contributed by atoms with Gasteiger partial charge in [-0.3, -0.25) is 0 Å². The minimum absolute atomic E-state index is 0.420. The first-order valence-corrected chi connectivity index (χ1v) is 7.16. The highest BCUT2D eigenvalue weighted by atomic mass is 35.5. The van der Waals surface area contributed by atoms with Crippen LogP contribution in [0.5, 0.6) is 0 Å². The third-order valence-electron chi connectivity index (χ3n) is 3.46. The molecule has 1 saturated heterocycles. The maximum Gasteiger partial charge on any atom is 0.148 e. The van der Waals surface area contributed by atoms with Gasteiger partial charge in [-0.15, -0.1) is 0 Å². The molecule has 0 amide bonds. The molecule has 0 aromatic carbocycles. The molecule has 2 rings (SSSR count). The van der Waals surface area contributed by atoms with E-state index in [1.807, 2.05) is 0 Å². The van der Waals surface area contributed by atoms with Gasteiger partial charge < -0.3 is 15.0 Å². The SMILES string of the molecule is COCCN(CC1CCCN1)c1nccc(C#N)c1Cl. The van der Waals surface area contributed by atoms with E-state index in [2.05, 4.69) is 21.3 Å². The Balaban J connectivity index is 2.18. The van der Waals surface area contributed by atoms with E-state index in [-0.39, 0.29) is 0 Å². The summed E-state index contributed by atoms with van der Waals surface area (Å²) in [5.74, 6) is 0.663. The molecule has 0 radical (unpaired) electrons. The van der Waals surface area contributed by atoms with E-state index in [4.69, 9.17) is 21.6 Å². The lowest BCUT2D eigenvalue weighted by atomic mass is 10.2. The van der Waals surface area contributed by atoms with Gasteiger partial charge in [-0.2, -0.15) is 5.26 Å². The maximum absolute atomic E-state index is 9.07. The summed E-state index contributed by atoms with van der Waals surface area (Å²) >= 11 is 6.28. The number of hydrogen-bond donors (Lipinski definition) is 1. The van der Waals surface area contributed by atoms with Crippen LogP contribution in [0.25, 0.3) is 0 Å². The van der Waals surface area contributed by atoms with Crippen molar-refractivity contribution >= 4 is 17.4 Å². The summed E-state index contributed by atoms with van der Waals surface area (Å²) in [6, 6.07) is 4.17. The van der Waals surface area contributed by atoms with Crippen LogP contribution in [0, 0.1) is 11.3 Å². The quantitative estimate of drug-likeness (QED) is 0.867. The van der Waals surface area contributed by atoms with Gasteiger partial charge in [-0.1, -0.05) is 11.6 Å². The minimum atomic E-state index is 0.420. The normalized spacial score (nSPS) is 17.9. The van der Waals surface area contributed by atoms with Crippen molar-refractivity contribution in [2.75, 3.05) is 38.3 Å². The van der Waals surface area contributed by atoms with Gasteiger partial charge in [0, 0.05) is 32.4 Å². The number of nitriles is 1. The number of pyridine rings is 1. The Morgan fingerprint density at radius 3 is 3.15 bits per heavy atom. The summed E-state index contributed by atoms with van der Waals surface area (Å²) in [5, 5.41) is 13.0. The van der Waals surface area contributed by atoms with Gasteiger partial charge in [-0.05, 0) is 25.5 Å². The molecular formula is C14H19ClN4O. The molecule has 0 aliphatic carbocycles. The second kappa shape index (κ2) is 7.44. The monoisotopic (exact) mass is 294 g/mol. The van der Waals surface area contributed by atoms with Crippen LogP contribution in [0.3, 0.4) is 0 Å². The highest BCUT2D eigenvalue weighted by molar-refractivity contribution is 6.34. The second-order valence-electron chi connectivity index (χ2n) is 4.84. The number of halogens is 1. The number of nitrogens with one attached hydrogen (secondary N) is 1. The standard InChI is InChI=1S/C14H19ClN4O/c1-20-8-7-19(10-12-3-2-5-17-12)14-13(15)11(9-16)4-6-18-14/h4,6,12,17H,2-3,5,7-8,10H2,1H3. The number of anilines is 1. The molecular weight excluding hydrogens is 276 g/mol. The fourth-order valence-corrected chi connectivity index (χ4v) is 2.68. The third-order valence-corrected chi connectivity index (χ3v) is 3.83. The van der Waals surface area contributed by atoms with Crippen LogP contribution in [-0.4, -0.2) is 44.4 Å². The first kappa shape index (κ1) is 15.0. The van der Waals surface area contributed by atoms with Crippen LogP contribution >= 0.6 is 11.6 Å². The van der Waals surface area contributed by atoms with Crippen molar-refractivity contribution in [2.45, 2.75) is 18.9 Å². The van der Waals surface area contributed by atoms with E-state index in [0.29, 0.717) is 35.6 Å². The van der Waals surface area contributed by atoms with Crippen molar-refractivity contribution in [1.82, 2.24) is 10.3 Å². The molecule has 1 aromatic heterocycles. The van der Waals surface area contributed by atoms with Crippen molar-refractivity contribution in [3.63, 3.8) is 0 Å². The first-order chi connectivity index (χ1) is 9.76. The third kappa shape index (κ3) is 3.60. The van der Waals surface area contributed by atoms with Gasteiger partial charge in [0.25, 0.3) is 0 Å². The molecule has 1 atom stereocenters. The lowest BCUT2D eigenvalue weighted by Gasteiger charge is -2.27. The highest BCUT2D eigenvalue weighted by Crippen LogP contribution is 2.27. The Morgan fingerprint density at radius 2 is 2.50 bits per heavy atom. The molecule has 1 N–H and O–H groups in total. The number of hydrogen-bond acceptors (Lipinski definition) is 5. The van der Waals surface area contributed by atoms with Gasteiger partial charge in [-0.25, -0.2) is 4.98 Å². The Labute approximate surface area is 124 Å². The number of aromatic nitrogens is 1. The van der Waals surface area contributed by atoms with Gasteiger partial charge in [0.1, 0.15) is 16.9 Å². The van der Waals surface area contributed by atoms with E-state index in [1.165, 1.54) is 6.42 Å². The Hall–Kier alpha value is -1.35. The van der Waals surface area contributed by atoms with E-state index >= 15 is 0 Å². The maximum atomic E-state index is 9.07. The minimum Gasteiger partial charge on any atom is -0.383 e. The Kier molecular flexibility index (Phi) is 5.60. The zero-order chi connectivity index (χ0) is 14.4. The summed E-state index contributed by atoms with van der Waals surface area (Å²) in [4.78, 5) is 6.43. The summed E-state index contributed by atoms with van der Waals surface area (Å²) < 4.78 is 5.16. The van der Waals surface area contributed by atoms with Crippen molar-refractivity contribution in [2.24, 2.45) is 0 Å². The smallest absolute Gasteiger partial charge is 0.148 e. The van der Waals surface area contributed by atoms with Gasteiger partial charge >= 0.3 is 0 Å². The molecule has 20 heavy (non-hydrogen) atoms. The number of methoxy groups -OCH3 is 1. The van der Waals surface area contributed by atoms with Crippen LogP contribution < -0.4 is 10.2 Å². The van der Waals surface area contributed by atoms with Crippen molar-refractivity contribution in [3.05, 3.63) is 22.8 Å². The fraction of sp³-hybridized carbons (Fsp3) is 0.571. The highest BCUT2D eigenvalue weighted by Gasteiger charge is 2.21. The average molecular weight is 295 g/mol. The molecule has 2 heterocycles. The predicted molar refractivity (Wildman–Crippen MR) is 79.1 cm³/mol. The van der Waals surface area contributed by atoms with Crippen molar-refractivity contribution in [1.29, 1.82) is 5.26 Å². The van der Waals surface area contributed by atoms with E-state index in [9.17, 15) is 0 Å². The first-order valence-electron chi connectivity index (χ1n) is 6.78. The second-order valence-corrected chi connectivity index (χ2v) is 5.22. The molecule has 6 heteroatoms. The molecule has 0 saturated carbocycles. The lowest BCUT2D eigenvalue weighted by molar-refractivity contribution is 0.204. The largest absolute Gasteiger partial charge is 0.383 e. The molecule has 1 aliphatic rings. The van der Waals surface area contributed by atoms with Crippen molar-refractivity contribution in [3.8, 4) is 6.07 Å². The number of ether oxygens (including phenoxy) is 1. The fourth-order valence-electron chi connectivity index (χ4n) is 2.40. The average Bonchev–Trinajstić information content (AvgIpc) is 2.97. The molecule has 108 valence electrons. The lowest BCUT2D eigenvalue weighted by Crippen LogP contribution is -2.39. The Bertz CT molecular complexity index is 483. The number of nitrogens with zero attached hydrogens (tertiary/aromatic N) is 3. The van der Waals surface area contributed by atoms with Crippen LogP contribution in [-0.2, 0) is 4.74 Å². The van der Waals surface area contributed by atoms with Crippen LogP contribution in [0.15, 0.2) is 12.3 Å².